The van der Waals surface area contributed by atoms with Crippen LogP contribution in [0.15, 0.2) is 42.5 Å². The monoisotopic (exact) mass is 458 g/mol. The molecule has 0 aromatic heterocycles. The third kappa shape index (κ3) is 4.56. The van der Waals surface area contributed by atoms with Gasteiger partial charge in [-0.1, -0.05) is 23.7 Å². The van der Waals surface area contributed by atoms with E-state index in [0.29, 0.717) is 54.1 Å². The first kappa shape index (κ1) is 22.1. The Morgan fingerprint density at radius 2 is 1.91 bits per heavy atom. The summed E-state index contributed by atoms with van der Waals surface area (Å²) in [5.41, 5.74) is 0.726. The van der Waals surface area contributed by atoms with Crippen molar-refractivity contribution >= 4 is 34.9 Å². The minimum absolute atomic E-state index is 0.170. The second-order valence-corrected chi connectivity index (χ2v) is 7.90. The molecule has 2 aliphatic heterocycles. The van der Waals surface area contributed by atoms with E-state index in [1.807, 2.05) is 0 Å². The van der Waals surface area contributed by atoms with E-state index in [1.165, 1.54) is 4.90 Å². The maximum atomic E-state index is 13.0. The van der Waals surface area contributed by atoms with Gasteiger partial charge in [-0.25, -0.2) is 0 Å². The van der Waals surface area contributed by atoms with Gasteiger partial charge >= 0.3 is 0 Å². The van der Waals surface area contributed by atoms with E-state index in [4.69, 9.17) is 25.8 Å². The van der Waals surface area contributed by atoms with Crippen LogP contribution < -0.4 is 14.4 Å². The summed E-state index contributed by atoms with van der Waals surface area (Å²) < 4.78 is 16.4. The molecule has 2 heterocycles. The Bertz CT molecular complexity index is 1040. The predicted molar refractivity (Wildman–Crippen MR) is 118 cm³/mol. The van der Waals surface area contributed by atoms with Crippen molar-refractivity contribution < 1.29 is 28.6 Å². The smallest absolute Gasteiger partial charge is 0.265 e. The third-order valence-electron chi connectivity index (χ3n) is 5.42. The number of carbonyl (C=O) groups is 3. The van der Waals surface area contributed by atoms with Crippen LogP contribution in [0.5, 0.6) is 11.5 Å². The lowest BCUT2D eigenvalue weighted by Gasteiger charge is -2.37. The number of halogens is 1. The molecule has 9 heteroatoms. The van der Waals surface area contributed by atoms with E-state index in [0.717, 1.165) is 0 Å². The van der Waals surface area contributed by atoms with Crippen LogP contribution in [0.3, 0.4) is 0 Å². The molecule has 1 atom stereocenters. The van der Waals surface area contributed by atoms with Crippen molar-refractivity contribution in [2.75, 3.05) is 44.4 Å². The number of nitrogens with zero attached hydrogens (tertiary/aromatic N) is 2. The summed E-state index contributed by atoms with van der Waals surface area (Å²) in [4.78, 5) is 41.5. The Labute approximate surface area is 190 Å². The quantitative estimate of drug-likeness (QED) is 0.618. The minimum atomic E-state index is -0.743. The highest BCUT2D eigenvalue weighted by molar-refractivity contribution is 6.32. The first-order chi connectivity index (χ1) is 15.5. The highest BCUT2D eigenvalue weighted by atomic mass is 35.5. The van der Waals surface area contributed by atoms with Gasteiger partial charge in [0.25, 0.3) is 5.91 Å². The summed E-state index contributed by atoms with van der Waals surface area (Å²) in [7, 11) is 0. The number of Topliss-reactive ketones (excluding diaryl/α,β-unsaturated/α-hetero) is 1. The van der Waals surface area contributed by atoms with Gasteiger partial charge in [-0.2, -0.15) is 0 Å². The molecule has 0 unspecified atom stereocenters. The van der Waals surface area contributed by atoms with Gasteiger partial charge in [0.05, 0.1) is 23.9 Å². The van der Waals surface area contributed by atoms with Crippen LogP contribution in [-0.2, 0) is 14.3 Å². The van der Waals surface area contributed by atoms with Gasteiger partial charge in [-0.15, -0.1) is 0 Å². The molecule has 0 aliphatic carbocycles. The fraction of sp³-hybridized carbons (Fsp3) is 0.348. The topological polar surface area (TPSA) is 85.4 Å². The molecule has 1 saturated heterocycles. The lowest BCUT2D eigenvalue weighted by Crippen LogP contribution is -2.54. The standard InChI is InChI=1S/C23H23ClN2O6/c1-15(23(29)25-8-10-30-11-9-25)26-18-12-16(6-7-21(18)32-14-22(26)28)19(27)13-31-20-5-3-2-4-17(20)24/h2-7,12,15H,8-11,13-14H2,1H3/t15-/m0/s1. The number of ether oxygens (including phenoxy) is 3. The number of ketones is 1. The van der Waals surface area contributed by atoms with Gasteiger partial charge < -0.3 is 19.1 Å². The van der Waals surface area contributed by atoms with E-state index < -0.39 is 6.04 Å². The van der Waals surface area contributed by atoms with Crippen LogP contribution in [0.25, 0.3) is 0 Å². The Morgan fingerprint density at radius 3 is 2.66 bits per heavy atom. The van der Waals surface area contributed by atoms with E-state index >= 15 is 0 Å². The van der Waals surface area contributed by atoms with Gasteiger partial charge in [0, 0.05) is 18.7 Å². The highest BCUT2D eigenvalue weighted by Crippen LogP contribution is 2.35. The maximum absolute atomic E-state index is 13.0. The van der Waals surface area contributed by atoms with Crippen LogP contribution >= 0.6 is 11.6 Å². The average Bonchev–Trinajstić information content (AvgIpc) is 2.82. The van der Waals surface area contributed by atoms with E-state index in [2.05, 4.69) is 0 Å². The zero-order valence-corrected chi connectivity index (χ0v) is 18.3. The molecule has 0 N–H and O–H groups in total. The molecular formula is C23H23ClN2O6. The van der Waals surface area contributed by atoms with Crippen LogP contribution in [0.4, 0.5) is 5.69 Å². The van der Waals surface area contributed by atoms with Crippen molar-refractivity contribution in [3.63, 3.8) is 0 Å². The Balaban J connectivity index is 1.54. The zero-order valence-electron chi connectivity index (χ0n) is 17.6. The first-order valence-electron chi connectivity index (χ1n) is 10.3. The highest BCUT2D eigenvalue weighted by Gasteiger charge is 2.36. The average molecular weight is 459 g/mol. The van der Waals surface area contributed by atoms with Crippen molar-refractivity contribution in [3.05, 3.63) is 53.1 Å². The number of anilines is 1. The zero-order chi connectivity index (χ0) is 22.7. The molecule has 2 aromatic rings. The van der Waals surface area contributed by atoms with Gasteiger partial charge in [0.1, 0.15) is 17.5 Å². The minimum Gasteiger partial charge on any atom is -0.484 e. The molecular weight excluding hydrogens is 436 g/mol. The number of rotatable bonds is 6. The van der Waals surface area contributed by atoms with Crippen molar-refractivity contribution in [1.29, 1.82) is 0 Å². The van der Waals surface area contributed by atoms with E-state index in [9.17, 15) is 14.4 Å². The van der Waals surface area contributed by atoms with Gasteiger partial charge in [0.2, 0.25) is 5.91 Å². The van der Waals surface area contributed by atoms with Crippen LogP contribution in [0.1, 0.15) is 17.3 Å². The molecule has 0 radical (unpaired) electrons. The number of fused-ring (bicyclic) bond motifs is 1. The molecule has 1 fully saturated rings. The normalized spacial score (nSPS) is 16.8. The number of amides is 2. The summed E-state index contributed by atoms with van der Waals surface area (Å²) >= 11 is 6.07. The van der Waals surface area contributed by atoms with Crippen LogP contribution in [0, 0.1) is 0 Å². The van der Waals surface area contributed by atoms with Gasteiger partial charge in [0.15, 0.2) is 19.0 Å². The van der Waals surface area contributed by atoms with Gasteiger partial charge in [-0.3, -0.25) is 19.3 Å². The third-order valence-corrected chi connectivity index (χ3v) is 5.74. The van der Waals surface area contributed by atoms with Crippen molar-refractivity contribution in [3.8, 4) is 11.5 Å². The van der Waals surface area contributed by atoms with Crippen molar-refractivity contribution in [2.24, 2.45) is 0 Å². The SMILES string of the molecule is C[C@@H](C(=O)N1CCOCC1)N1C(=O)COc2ccc(C(=O)COc3ccccc3Cl)cc21. The number of para-hydroxylation sites is 1. The molecule has 0 saturated carbocycles. The molecule has 2 aromatic carbocycles. The number of carbonyl (C=O) groups excluding carboxylic acids is 3. The maximum Gasteiger partial charge on any atom is 0.265 e. The summed E-state index contributed by atoms with van der Waals surface area (Å²) in [6, 6.07) is 10.9. The molecule has 0 spiro atoms. The Kier molecular flexibility index (Phi) is 6.62. The summed E-state index contributed by atoms with van der Waals surface area (Å²) in [5.74, 6) is 0.0369. The Hall–Kier alpha value is -3.10. The number of benzene rings is 2. The van der Waals surface area contributed by atoms with E-state index in [-0.39, 0.29) is 30.8 Å². The second-order valence-electron chi connectivity index (χ2n) is 7.49. The summed E-state index contributed by atoms with van der Waals surface area (Å²) in [5, 5.41) is 0.409. The van der Waals surface area contributed by atoms with Crippen LogP contribution in [0.2, 0.25) is 5.02 Å². The lowest BCUT2D eigenvalue weighted by molar-refractivity contribution is -0.138. The second kappa shape index (κ2) is 9.58. The summed E-state index contributed by atoms with van der Waals surface area (Å²) in [6.07, 6.45) is 0. The van der Waals surface area contributed by atoms with E-state index in [1.54, 1.807) is 54.3 Å². The largest absolute Gasteiger partial charge is 0.484 e. The first-order valence-corrected chi connectivity index (χ1v) is 10.7. The molecule has 2 amide bonds. The molecule has 4 rings (SSSR count). The molecule has 32 heavy (non-hydrogen) atoms. The molecule has 168 valence electrons. The summed E-state index contributed by atoms with van der Waals surface area (Å²) in [6.45, 7) is 3.18. The number of hydrogen-bond donors (Lipinski definition) is 0. The fourth-order valence-corrected chi connectivity index (χ4v) is 3.91. The fourth-order valence-electron chi connectivity index (χ4n) is 3.72. The molecule has 8 nitrogen and oxygen atoms in total. The molecule has 2 aliphatic rings. The van der Waals surface area contributed by atoms with Crippen LogP contribution in [-0.4, -0.2) is 68.1 Å². The van der Waals surface area contributed by atoms with Crippen molar-refractivity contribution in [1.82, 2.24) is 4.90 Å². The number of morpholine rings is 1. The predicted octanol–water partition coefficient (Wildman–Crippen LogP) is 2.57. The van der Waals surface area contributed by atoms with Gasteiger partial charge in [-0.05, 0) is 37.3 Å². The molecule has 0 bridgehead atoms. The number of hydrogen-bond acceptors (Lipinski definition) is 6. The van der Waals surface area contributed by atoms with Crippen molar-refractivity contribution in [2.45, 2.75) is 13.0 Å². The lowest BCUT2D eigenvalue weighted by atomic mass is 10.1. The Morgan fingerprint density at radius 1 is 1.16 bits per heavy atom.